The summed E-state index contributed by atoms with van der Waals surface area (Å²) in [6, 6.07) is 8.91. The Bertz CT molecular complexity index is 369. The zero-order valence-electron chi connectivity index (χ0n) is 9.68. The van der Waals surface area contributed by atoms with Crippen LogP contribution in [0, 0.1) is 0 Å². The third-order valence-electron chi connectivity index (χ3n) is 2.32. The summed E-state index contributed by atoms with van der Waals surface area (Å²) in [4.78, 5) is 17.4. The van der Waals surface area contributed by atoms with Crippen molar-refractivity contribution in [2.45, 2.75) is 13.8 Å². The van der Waals surface area contributed by atoms with Gasteiger partial charge in [-0.3, -0.25) is 4.79 Å². The van der Waals surface area contributed by atoms with Crippen molar-refractivity contribution in [1.82, 2.24) is 4.90 Å². The Morgan fingerprint density at radius 3 is 2.31 bits per heavy atom. The van der Waals surface area contributed by atoms with Gasteiger partial charge in [0.2, 0.25) is 0 Å². The van der Waals surface area contributed by atoms with Crippen LogP contribution >= 0.6 is 0 Å². The molecule has 0 aliphatic heterocycles. The van der Waals surface area contributed by atoms with Crippen molar-refractivity contribution in [1.29, 1.82) is 0 Å². The lowest BCUT2D eigenvalue weighted by molar-refractivity contribution is 0.100. The zero-order chi connectivity index (χ0) is 12.0. The van der Waals surface area contributed by atoms with Gasteiger partial charge in [0.05, 0.1) is 0 Å². The highest BCUT2D eigenvalue weighted by atomic mass is 16.1. The van der Waals surface area contributed by atoms with E-state index in [4.69, 9.17) is 5.73 Å². The molecule has 0 unspecified atom stereocenters. The quantitative estimate of drug-likeness (QED) is 0.619. The molecule has 1 rings (SSSR count). The molecule has 0 fully saturated rings. The molecule has 0 aliphatic rings. The SMILES string of the molecule is CCN(CC)C(N)=NC(=O)c1ccccc1. The fraction of sp³-hybridized carbons (Fsp3) is 0.333. The zero-order valence-corrected chi connectivity index (χ0v) is 9.68. The monoisotopic (exact) mass is 219 g/mol. The minimum Gasteiger partial charge on any atom is -0.369 e. The van der Waals surface area contributed by atoms with Gasteiger partial charge in [-0.05, 0) is 26.0 Å². The molecule has 0 spiro atoms. The Labute approximate surface area is 95.8 Å². The minimum atomic E-state index is -0.301. The van der Waals surface area contributed by atoms with E-state index in [1.54, 1.807) is 24.3 Å². The van der Waals surface area contributed by atoms with Crippen LogP contribution in [0.4, 0.5) is 0 Å². The van der Waals surface area contributed by atoms with E-state index in [0.29, 0.717) is 5.56 Å². The standard InChI is InChI=1S/C12H17N3O/c1-3-15(4-2)12(13)14-11(16)10-8-6-5-7-9-10/h5-9H,3-4H2,1-2H3,(H2,13,14,16). The van der Waals surface area contributed by atoms with E-state index in [9.17, 15) is 4.79 Å². The van der Waals surface area contributed by atoms with Crippen LogP contribution in [0.2, 0.25) is 0 Å². The van der Waals surface area contributed by atoms with Crippen molar-refractivity contribution in [2.75, 3.05) is 13.1 Å². The maximum absolute atomic E-state index is 11.7. The third kappa shape index (κ3) is 3.08. The summed E-state index contributed by atoms with van der Waals surface area (Å²) in [6.07, 6.45) is 0. The average molecular weight is 219 g/mol. The molecule has 0 atom stereocenters. The van der Waals surface area contributed by atoms with E-state index in [1.807, 2.05) is 24.8 Å². The summed E-state index contributed by atoms with van der Waals surface area (Å²) in [5, 5.41) is 0. The molecule has 2 N–H and O–H groups in total. The first-order chi connectivity index (χ1) is 7.69. The average Bonchev–Trinajstić information content (AvgIpc) is 2.31. The molecule has 4 nitrogen and oxygen atoms in total. The molecular formula is C12H17N3O. The molecule has 0 aromatic heterocycles. The van der Waals surface area contributed by atoms with Crippen LogP contribution in [0.5, 0.6) is 0 Å². The molecule has 0 saturated heterocycles. The molecule has 1 amide bonds. The van der Waals surface area contributed by atoms with Gasteiger partial charge in [0.25, 0.3) is 5.91 Å². The molecule has 16 heavy (non-hydrogen) atoms. The maximum atomic E-state index is 11.7. The number of hydrogen-bond donors (Lipinski definition) is 1. The van der Waals surface area contributed by atoms with Crippen LogP contribution in [-0.4, -0.2) is 29.9 Å². The molecule has 1 aromatic carbocycles. The van der Waals surface area contributed by atoms with Crippen LogP contribution in [-0.2, 0) is 0 Å². The van der Waals surface area contributed by atoms with E-state index < -0.39 is 0 Å². The second kappa shape index (κ2) is 5.90. The molecule has 4 heteroatoms. The summed E-state index contributed by atoms with van der Waals surface area (Å²) in [7, 11) is 0. The highest BCUT2D eigenvalue weighted by Crippen LogP contribution is 2.01. The summed E-state index contributed by atoms with van der Waals surface area (Å²) < 4.78 is 0. The van der Waals surface area contributed by atoms with Crippen LogP contribution in [0.15, 0.2) is 35.3 Å². The number of guanidine groups is 1. The summed E-state index contributed by atoms with van der Waals surface area (Å²) >= 11 is 0. The Hall–Kier alpha value is -1.84. The minimum absolute atomic E-state index is 0.277. The number of benzene rings is 1. The number of amides is 1. The van der Waals surface area contributed by atoms with E-state index in [1.165, 1.54) is 0 Å². The molecule has 0 bridgehead atoms. The highest BCUT2D eigenvalue weighted by Gasteiger charge is 2.07. The van der Waals surface area contributed by atoms with Crippen LogP contribution in [0.3, 0.4) is 0 Å². The van der Waals surface area contributed by atoms with E-state index >= 15 is 0 Å². The number of carbonyl (C=O) groups excluding carboxylic acids is 1. The number of carbonyl (C=O) groups is 1. The number of nitrogens with two attached hydrogens (primary N) is 1. The molecule has 86 valence electrons. The smallest absolute Gasteiger partial charge is 0.280 e. The van der Waals surface area contributed by atoms with E-state index in [-0.39, 0.29) is 11.9 Å². The maximum Gasteiger partial charge on any atom is 0.280 e. The van der Waals surface area contributed by atoms with Crippen LogP contribution < -0.4 is 5.73 Å². The van der Waals surface area contributed by atoms with Crippen molar-refractivity contribution >= 4 is 11.9 Å². The Kier molecular flexibility index (Phi) is 4.51. The van der Waals surface area contributed by atoms with Crippen molar-refractivity contribution in [3.8, 4) is 0 Å². The first kappa shape index (κ1) is 12.2. The lowest BCUT2D eigenvalue weighted by atomic mass is 10.2. The van der Waals surface area contributed by atoms with Crippen molar-refractivity contribution < 1.29 is 4.79 Å². The lowest BCUT2D eigenvalue weighted by Crippen LogP contribution is -2.37. The molecular weight excluding hydrogens is 202 g/mol. The summed E-state index contributed by atoms with van der Waals surface area (Å²) in [5.74, 6) is -0.0242. The first-order valence-electron chi connectivity index (χ1n) is 5.37. The molecule has 1 aromatic rings. The lowest BCUT2D eigenvalue weighted by Gasteiger charge is -2.18. The largest absolute Gasteiger partial charge is 0.369 e. The topological polar surface area (TPSA) is 58.7 Å². The predicted molar refractivity (Wildman–Crippen MR) is 65.3 cm³/mol. The van der Waals surface area contributed by atoms with E-state index in [2.05, 4.69) is 4.99 Å². The summed E-state index contributed by atoms with van der Waals surface area (Å²) in [6.45, 7) is 5.43. The van der Waals surface area contributed by atoms with Crippen LogP contribution in [0.25, 0.3) is 0 Å². The summed E-state index contributed by atoms with van der Waals surface area (Å²) in [5.41, 5.74) is 6.29. The van der Waals surface area contributed by atoms with Gasteiger partial charge >= 0.3 is 0 Å². The third-order valence-corrected chi connectivity index (χ3v) is 2.32. The first-order valence-corrected chi connectivity index (χ1v) is 5.37. The van der Waals surface area contributed by atoms with Crippen molar-refractivity contribution in [3.63, 3.8) is 0 Å². The molecule has 0 radical (unpaired) electrons. The van der Waals surface area contributed by atoms with Gasteiger partial charge in [-0.15, -0.1) is 0 Å². The second-order valence-corrected chi connectivity index (χ2v) is 3.31. The Morgan fingerprint density at radius 2 is 1.81 bits per heavy atom. The van der Waals surface area contributed by atoms with Crippen LogP contribution in [0.1, 0.15) is 24.2 Å². The van der Waals surface area contributed by atoms with E-state index in [0.717, 1.165) is 13.1 Å². The normalized spacial score (nSPS) is 11.2. The second-order valence-electron chi connectivity index (χ2n) is 3.31. The Balaban J connectivity index is 2.80. The highest BCUT2D eigenvalue weighted by molar-refractivity contribution is 6.02. The van der Waals surface area contributed by atoms with Crippen molar-refractivity contribution in [2.24, 2.45) is 10.7 Å². The van der Waals surface area contributed by atoms with Gasteiger partial charge in [0.1, 0.15) is 0 Å². The van der Waals surface area contributed by atoms with Gasteiger partial charge < -0.3 is 10.6 Å². The fourth-order valence-electron chi connectivity index (χ4n) is 1.37. The van der Waals surface area contributed by atoms with Gasteiger partial charge in [-0.25, -0.2) is 0 Å². The molecule has 0 saturated carbocycles. The van der Waals surface area contributed by atoms with Gasteiger partial charge in [0, 0.05) is 18.7 Å². The predicted octanol–water partition coefficient (Wildman–Crippen LogP) is 1.48. The number of nitrogens with zero attached hydrogens (tertiary/aromatic N) is 2. The van der Waals surface area contributed by atoms with Gasteiger partial charge in [-0.1, -0.05) is 18.2 Å². The van der Waals surface area contributed by atoms with Gasteiger partial charge in [0.15, 0.2) is 5.96 Å². The Morgan fingerprint density at radius 1 is 1.25 bits per heavy atom. The molecule has 0 heterocycles. The molecule has 0 aliphatic carbocycles. The van der Waals surface area contributed by atoms with Crippen molar-refractivity contribution in [3.05, 3.63) is 35.9 Å². The number of hydrogen-bond acceptors (Lipinski definition) is 1. The number of rotatable bonds is 3. The number of aliphatic imine (C=N–C) groups is 1. The fourth-order valence-corrected chi connectivity index (χ4v) is 1.37. The van der Waals surface area contributed by atoms with Gasteiger partial charge in [-0.2, -0.15) is 4.99 Å².